The number of hydrogen-bond donors (Lipinski definition) is 3. The Hall–Kier alpha value is -1.92. The Balaban J connectivity index is 2.52. The summed E-state index contributed by atoms with van der Waals surface area (Å²) in [5, 5.41) is 11.2. The van der Waals surface area contributed by atoms with Crippen LogP contribution in [-0.2, 0) is 9.59 Å². The van der Waals surface area contributed by atoms with Crippen LogP contribution < -0.4 is 10.6 Å². The van der Waals surface area contributed by atoms with Gasteiger partial charge in [-0.2, -0.15) is 4.98 Å². The van der Waals surface area contributed by atoms with Gasteiger partial charge in [-0.25, -0.2) is 0 Å². The molecule has 0 aliphatic heterocycles. The summed E-state index contributed by atoms with van der Waals surface area (Å²) < 4.78 is 0. The highest BCUT2D eigenvalue weighted by Gasteiger charge is 2.15. The first-order chi connectivity index (χ1) is 6.99. The lowest BCUT2D eigenvalue weighted by atomic mass is 10.3. The minimum Gasteiger partial charge on any atom is -0.345 e. The van der Waals surface area contributed by atoms with Gasteiger partial charge >= 0.3 is 0 Å². The molecule has 0 aromatic carbocycles. The zero-order chi connectivity index (χ0) is 11.4. The number of anilines is 1. The number of carbonyl (C=O) groups excluding carboxylic acids is 2. The second kappa shape index (κ2) is 4.54. The summed E-state index contributed by atoms with van der Waals surface area (Å²) in [6, 6.07) is -0.610. The van der Waals surface area contributed by atoms with Gasteiger partial charge in [0.1, 0.15) is 11.9 Å². The lowest BCUT2D eigenvalue weighted by Crippen LogP contribution is -2.40. The lowest BCUT2D eigenvalue weighted by molar-refractivity contribution is -0.124. The predicted octanol–water partition coefficient (Wildman–Crippen LogP) is -0.424. The number of nitrogens with one attached hydrogen (secondary N) is 3. The fraction of sp³-hybridized carbons (Fsp3) is 0.500. The van der Waals surface area contributed by atoms with Crippen LogP contribution in [0.3, 0.4) is 0 Å². The highest BCUT2D eigenvalue weighted by Crippen LogP contribution is 1.97. The summed E-state index contributed by atoms with van der Waals surface area (Å²) in [6.45, 7) is 4.65. The maximum absolute atomic E-state index is 11.4. The number of rotatable bonds is 3. The Bertz CT molecular complexity index is 373. The van der Waals surface area contributed by atoms with Crippen LogP contribution in [0.4, 0.5) is 5.95 Å². The summed E-state index contributed by atoms with van der Waals surface area (Å²) in [6.07, 6.45) is 0. The van der Waals surface area contributed by atoms with Crippen LogP contribution in [0.5, 0.6) is 0 Å². The third-order valence-electron chi connectivity index (χ3n) is 1.65. The van der Waals surface area contributed by atoms with Gasteiger partial charge in [-0.15, -0.1) is 5.10 Å². The highest BCUT2D eigenvalue weighted by atomic mass is 16.2. The van der Waals surface area contributed by atoms with Crippen LogP contribution >= 0.6 is 0 Å². The van der Waals surface area contributed by atoms with Crippen LogP contribution in [0.15, 0.2) is 0 Å². The molecule has 82 valence electrons. The number of aryl methyl sites for hydroxylation is 1. The fourth-order valence-corrected chi connectivity index (χ4v) is 0.987. The molecule has 0 aliphatic carbocycles. The Kier molecular flexibility index (Phi) is 3.37. The molecule has 0 aliphatic rings. The minimum absolute atomic E-state index is 0.203. The number of amides is 2. The Labute approximate surface area is 86.7 Å². The lowest BCUT2D eigenvalue weighted by Gasteiger charge is -2.10. The van der Waals surface area contributed by atoms with Crippen molar-refractivity contribution >= 4 is 17.8 Å². The molecule has 0 spiro atoms. The van der Waals surface area contributed by atoms with Crippen LogP contribution in [-0.4, -0.2) is 33.0 Å². The molecule has 1 aromatic heterocycles. The number of nitrogens with zero attached hydrogens (tertiary/aromatic N) is 2. The Morgan fingerprint density at radius 1 is 1.47 bits per heavy atom. The predicted molar refractivity (Wildman–Crippen MR) is 53.0 cm³/mol. The molecule has 0 saturated heterocycles. The molecule has 1 unspecified atom stereocenters. The molecule has 0 radical (unpaired) electrons. The van der Waals surface area contributed by atoms with Crippen molar-refractivity contribution in [2.75, 3.05) is 5.32 Å². The Morgan fingerprint density at radius 2 is 2.13 bits per heavy atom. The van der Waals surface area contributed by atoms with Gasteiger partial charge in [-0.3, -0.25) is 20.0 Å². The van der Waals surface area contributed by atoms with Crippen molar-refractivity contribution in [1.82, 2.24) is 20.5 Å². The average molecular weight is 211 g/mol. The number of aromatic amines is 1. The Morgan fingerprint density at radius 3 is 2.60 bits per heavy atom. The fourth-order valence-electron chi connectivity index (χ4n) is 0.987. The van der Waals surface area contributed by atoms with Gasteiger partial charge in [0.2, 0.25) is 17.8 Å². The third-order valence-corrected chi connectivity index (χ3v) is 1.65. The van der Waals surface area contributed by atoms with E-state index in [1.165, 1.54) is 6.92 Å². The second-order valence-electron chi connectivity index (χ2n) is 3.16. The van der Waals surface area contributed by atoms with E-state index in [2.05, 4.69) is 25.8 Å². The van der Waals surface area contributed by atoms with Gasteiger partial charge in [0.05, 0.1) is 0 Å². The highest BCUT2D eigenvalue weighted by molar-refractivity contribution is 5.95. The first-order valence-corrected chi connectivity index (χ1v) is 4.46. The minimum atomic E-state index is -0.610. The maximum atomic E-state index is 11.4. The normalized spacial score (nSPS) is 11.9. The quantitative estimate of drug-likeness (QED) is 0.632. The largest absolute Gasteiger partial charge is 0.345 e. The summed E-state index contributed by atoms with van der Waals surface area (Å²) in [5.41, 5.74) is 0. The first-order valence-electron chi connectivity index (χ1n) is 4.46. The number of hydrogen-bond acceptors (Lipinski definition) is 4. The van der Waals surface area contributed by atoms with Gasteiger partial charge in [0.25, 0.3) is 0 Å². The SMILES string of the molecule is CC(=O)NC(C)C(=O)Nc1n[nH]c(C)n1. The molecule has 0 saturated carbocycles. The zero-order valence-electron chi connectivity index (χ0n) is 8.79. The molecule has 1 rings (SSSR count). The molecule has 1 atom stereocenters. The van der Waals surface area contributed by atoms with Crippen molar-refractivity contribution < 1.29 is 9.59 Å². The molecule has 1 heterocycles. The van der Waals surface area contributed by atoms with E-state index in [1.807, 2.05) is 0 Å². The summed E-state index contributed by atoms with van der Waals surface area (Å²) in [7, 11) is 0. The summed E-state index contributed by atoms with van der Waals surface area (Å²) in [5.74, 6) is 0.195. The van der Waals surface area contributed by atoms with Gasteiger partial charge < -0.3 is 5.32 Å². The van der Waals surface area contributed by atoms with Crippen LogP contribution in [0.25, 0.3) is 0 Å². The van der Waals surface area contributed by atoms with E-state index in [4.69, 9.17) is 0 Å². The van der Waals surface area contributed by atoms with E-state index in [-0.39, 0.29) is 17.8 Å². The van der Waals surface area contributed by atoms with Crippen LogP contribution in [0.2, 0.25) is 0 Å². The van der Waals surface area contributed by atoms with Gasteiger partial charge in [0, 0.05) is 6.92 Å². The van der Waals surface area contributed by atoms with Crippen molar-refractivity contribution in [3.05, 3.63) is 5.82 Å². The summed E-state index contributed by atoms with van der Waals surface area (Å²) >= 11 is 0. The standard InChI is InChI=1S/C8H13N5O2/c1-4(9-6(3)14)7(15)11-8-10-5(2)12-13-8/h4H,1-3H3,(H,9,14)(H2,10,11,12,13,15). The smallest absolute Gasteiger partial charge is 0.249 e. The average Bonchev–Trinajstić information content (AvgIpc) is 2.50. The van der Waals surface area contributed by atoms with E-state index in [9.17, 15) is 9.59 Å². The van der Waals surface area contributed by atoms with E-state index < -0.39 is 6.04 Å². The molecule has 0 fully saturated rings. The van der Waals surface area contributed by atoms with Crippen LogP contribution in [0, 0.1) is 6.92 Å². The number of carbonyl (C=O) groups is 2. The van der Waals surface area contributed by atoms with E-state index in [0.29, 0.717) is 5.82 Å². The van der Waals surface area contributed by atoms with Crippen LogP contribution in [0.1, 0.15) is 19.7 Å². The van der Waals surface area contributed by atoms with Crippen molar-refractivity contribution in [1.29, 1.82) is 0 Å². The molecule has 15 heavy (non-hydrogen) atoms. The van der Waals surface area contributed by atoms with Crippen molar-refractivity contribution in [3.8, 4) is 0 Å². The molecule has 2 amide bonds. The second-order valence-corrected chi connectivity index (χ2v) is 3.16. The van der Waals surface area contributed by atoms with Crippen molar-refractivity contribution in [2.45, 2.75) is 26.8 Å². The van der Waals surface area contributed by atoms with Gasteiger partial charge in [-0.05, 0) is 13.8 Å². The molecule has 3 N–H and O–H groups in total. The topological polar surface area (TPSA) is 99.8 Å². The molecule has 1 aromatic rings. The number of aromatic nitrogens is 3. The number of H-pyrrole nitrogens is 1. The monoisotopic (exact) mass is 211 g/mol. The zero-order valence-corrected chi connectivity index (χ0v) is 8.79. The summed E-state index contributed by atoms with van der Waals surface area (Å²) in [4.78, 5) is 26.0. The third kappa shape index (κ3) is 3.37. The molecular formula is C8H13N5O2. The van der Waals surface area contributed by atoms with Gasteiger partial charge in [-0.1, -0.05) is 0 Å². The molecule has 7 nitrogen and oxygen atoms in total. The van der Waals surface area contributed by atoms with E-state index in [1.54, 1.807) is 13.8 Å². The van der Waals surface area contributed by atoms with E-state index in [0.717, 1.165) is 0 Å². The molecular weight excluding hydrogens is 198 g/mol. The van der Waals surface area contributed by atoms with E-state index >= 15 is 0 Å². The van der Waals surface area contributed by atoms with Gasteiger partial charge in [0.15, 0.2) is 0 Å². The molecule has 7 heteroatoms. The van der Waals surface area contributed by atoms with Crippen molar-refractivity contribution in [3.63, 3.8) is 0 Å². The van der Waals surface area contributed by atoms with Crippen molar-refractivity contribution in [2.24, 2.45) is 0 Å². The first kappa shape index (κ1) is 11.2. The maximum Gasteiger partial charge on any atom is 0.249 e. The molecule has 0 bridgehead atoms.